The Balaban J connectivity index is 1.49. The standard InChI is InChI=1S/C22H28N4O2/c1-14(2)11-21-24-25-22(28-21)15(3)26-9-7-16(8-10-26)19-13-23-20-6-5-17(27-4)12-18(19)20/h5-7,12-15,23H,8-11H2,1-4H3. The lowest BCUT2D eigenvalue weighted by Crippen LogP contribution is -2.31. The van der Waals surface area contributed by atoms with Gasteiger partial charge >= 0.3 is 0 Å². The van der Waals surface area contributed by atoms with E-state index in [1.54, 1.807) is 7.11 Å². The number of rotatable bonds is 6. The van der Waals surface area contributed by atoms with Gasteiger partial charge < -0.3 is 14.1 Å². The number of aromatic amines is 1. The van der Waals surface area contributed by atoms with Gasteiger partial charge in [-0.3, -0.25) is 4.90 Å². The normalized spacial score (nSPS) is 16.5. The summed E-state index contributed by atoms with van der Waals surface area (Å²) in [6.45, 7) is 8.29. The highest BCUT2D eigenvalue weighted by molar-refractivity contribution is 5.93. The summed E-state index contributed by atoms with van der Waals surface area (Å²) in [6.07, 6.45) is 6.23. The lowest BCUT2D eigenvalue weighted by Gasteiger charge is -2.29. The van der Waals surface area contributed by atoms with Crippen molar-refractivity contribution in [3.8, 4) is 5.75 Å². The van der Waals surface area contributed by atoms with E-state index in [1.807, 2.05) is 6.07 Å². The minimum atomic E-state index is 0.120. The number of aromatic nitrogens is 3. The fourth-order valence-electron chi connectivity index (χ4n) is 3.80. The lowest BCUT2D eigenvalue weighted by molar-refractivity contribution is 0.198. The number of H-pyrrole nitrogens is 1. The molecule has 6 nitrogen and oxygen atoms in total. The average Bonchev–Trinajstić information content (AvgIpc) is 3.33. The summed E-state index contributed by atoms with van der Waals surface area (Å²) in [5.74, 6) is 2.84. The molecular weight excluding hydrogens is 352 g/mol. The molecule has 0 aliphatic carbocycles. The number of hydrogen-bond acceptors (Lipinski definition) is 5. The smallest absolute Gasteiger partial charge is 0.233 e. The van der Waals surface area contributed by atoms with E-state index < -0.39 is 0 Å². The van der Waals surface area contributed by atoms with Crippen LogP contribution in [-0.4, -0.2) is 40.3 Å². The van der Waals surface area contributed by atoms with E-state index in [0.717, 1.165) is 43.1 Å². The first kappa shape index (κ1) is 18.7. The zero-order valence-electron chi connectivity index (χ0n) is 17.0. The topological polar surface area (TPSA) is 67.2 Å². The summed E-state index contributed by atoms with van der Waals surface area (Å²) in [5.41, 5.74) is 3.77. The molecule has 1 aliphatic heterocycles. The average molecular weight is 380 g/mol. The number of methoxy groups -OCH3 is 1. The second kappa shape index (κ2) is 7.80. The van der Waals surface area contributed by atoms with Gasteiger partial charge in [0.25, 0.3) is 0 Å². The SMILES string of the molecule is COc1ccc2[nH]cc(C3=CCN(C(C)c4nnc(CC(C)C)o4)CC3)c2c1. The van der Waals surface area contributed by atoms with Gasteiger partial charge in [0.05, 0.1) is 13.2 Å². The third-order valence-electron chi connectivity index (χ3n) is 5.45. The molecule has 28 heavy (non-hydrogen) atoms. The van der Waals surface area contributed by atoms with Gasteiger partial charge in [0.1, 0.15) is 5.75 Å². The zero-order valence-corrected chi connectivity index (χ0v) is 17.0. The summed E-state index contributed by atoms with van der Waals surface area (Å²) in [5, 5.41) is 9.69. The molecule has 3 aromatic rings. The summed E-state index contributed by atoms with van der Waals surface area (Å²) < 4.78 is 11.3. The Morgan fingerprint density at radius 2 is 2.11 bits per heavy atom. The fourth-order valence-corrected chi connectivity index (χ4v) is 3.80. The summed E-state index contributed by atoms with van der Waals surface area (Å²) in [7, 11) is 1.71. The van der Waals surface area contributed by atoms with E-state index in [1.165, 1.54) is 16.5 Å². The first-order valence-corrected chi connectivity index (χ1v) is 9.96. The van der Waals surface area contributed by atoms with E-state index in [9.17, 15) is 0 Å². The van der Waals surface area contributed by atoms with E-state index >= 15 is 0 Å². The monoisotopic (exact) mass is 380 g/mol. The predicted molar refractivity (Wildman–Crippen MR) is 110 cm³/mol. The molecular formula is C22H28N4O2. The van der Waals surface area contributed by atoms with Crippen molar-refractivity contribution in [1.29, 1.82) is 0 Å². The van der Waals surface area contributed by atoms with Gasteiger partial charge in [0.15, 0.2) is 0 Å². The Hall–Kier alpha value is -2.60. The van der Waals surface area contributed by atoms with Gasteiger partial charge in [-0.25, -0.2) is 0 Å². The molecule has 0 fully saturated rings. The van der Waals surface area contributed by atoms with E-state index in [-0.39, 0.29) is 6.04 Å². The molecule has 1 atom stereocenters. The van der Waals surface area contributed by atoms with Crippen LogP contribution in [0.15, 0.2) is 34.9 Å². The van der Waals surface area contributed by atoms with Crippen LogP contribution in [0.1, 0.15) is 50.6 Å². The molecule has 0 amide bonds. The van der Waals surface area contributed by atoms with Crippen LogP contribution in [-0.2, 0) is 6.42 Å². The minimum absolute atomic E-state index is 0.120. The van der Waals surface area contributed by atoms with E-state index in [4.69, 9.17) is 9.15 Å². The van der Waals surface area contributed by atoms with Crippen LogP contribution < -0.4 is 4.74 Å². The van der Waals surface area contributed by atoms with Crippen LogP contribution in [0.2, 0.25) is 0 Å². The maximum atomic E-state index is 5.89. The molecule has 0 spiro atoms. The number of ether oxygens (including phenoxy) is 1. The second-order valence-electron chi connectivity index (χ2n) is 7.90. The molecule has 1 N–H and O–H groups in total. The van der Waals surface area contributed by atoms with Crippen LogP contribution in [0.5, 0.6) is 5.75 Å². The van der Waals surface area contributed by atoms with Gasteiger partial charge in [-0.1, -0.05) is 19.9 Å². The number of hydrogen-bond donors (Lipinski definition) is 1. The molecule has 0 saturated carbocycles. The first-order valence-electron chi connectivity index (χ1n) is 9.96. The number of benzene rings is 1. The van der Waals surface area contributed by atoms with Gasteiger partial charge in [-0.05, 0) is 43.0 Å². The van der Waals surface area contributed by atoms with E-state index in [2.05, 4.69) is 65.3 Å². The maximum absolute atomic E-state index is 5.89. The van der Waals surface area contributed by atoms with Crippen molar-refractivity contribution in [2.45, 2.75) is 39.7 Å². The molecule has 0 saturated heterocycles. The van der Waals surface area contributed by atoms with Crippen LogP contribution in [0.4, 0.5) is 0 Å². The Labute approximate surface area is 165 Å². The van der Waals surface area contributed by atoms with Crippen LogP contribution >= 0.6 is 0 Å². The van der Waals surface area contributed by atoms with Crippen molar-refractivity contribution >= 4 is 16.5 Å². The molecule has 1 aliphatic rings. The molecule has 0 bridgehead atoms. The molecule has 148 valence electrons. The molecule has 1 unspecified atom stereocenters. The van der Waals surface area contributed by atoms with Gasteiger partial charge in [-0.2, -0.15) is 0 Å². The largest absolute Gasteiger partial charge is 0.497 e. The van der Waals surface area contributed by atoms with Crippen molar-refractivity contribution in [2.24, 2.45) is 5.92 Å². The van der Waals surface area contributed by atoms with Crippen molar-refractivity contribution in [2.75, 3.05) is 20.2 Å². The number of fused-ring (bicyclic) bond motifs is 1. The third-order valence-corrected chi connectivity index (χ3v) is 5.45. The van der Waals surface area contributed by atoms with Gasteiger partial charge in [0, 0.05) is 42.2 Å². The molecule has 6 heteroatoms. The second-order valence-corrected chi connectivity index (χ2v) is 7.90. The molecule has 4 rings (SSSR count). The summed E-state index contributed by atoms with van der Waals surface area (Å²) >= 11 is 0. The fraction of sp³-hybridized carbons (Fsp3) is 0.455. The summed E-state index contributed by atoms with van der Waals surface area (Å²) in [6, 6.07) is 6.28. The summed E-state index contributed by atoms with van der Waals surface area (Å²) in [4.78, 5) is 5.75. The van der Waals surface area contributed by atoms with Crippen molar-refractivity contribution in [3.05, 3.63) is 47.8 Å². The van der Waals surface area contributed by atoms with Crippen LogP contribution in [0.3, 0.4) is 0 Å². The number of nitrogens with zero attached hydrogens (tertiary/aromatic N) is 3. The van der Waals surface area contributed by atoms with Crippen molar-refractivity contribution < 1.29 is 9.15 Å². The zero-order chi connectivity index (χ0) is 19.7. The van der Waals surface area contributed by atoms with Gasteiger partial charge in [-0.15, -0.1) is 10.2 Å². The quantitative estimate of drug-likeness (QED) is 0.676. The van der Waals surface area contributed by atoms with E-state index in [0.29, 0.717) is 11.8 Å². The maximum Gasteiger partial charge on any atom is 0.233 e. The highest BCUT2D eigenvalue weighted by atomic mass is 16.5. The van der Waals surface area contributed by atoms with Crippen molar-refractivity contribution in [3.63, 3.8) is 0 Å². The molecule has 0 radical (unpaired) electrons. The number of nitrogens with one attached hydrogen (secondary N) is 1. The molecule has 3 heterocycles. The Bertz CT molecular complexity index is 986. The predicted octanol–water partition coefficient (Wildman–Crippen LogP) is 4.61. The minimum Gasteiger partial charge on any atom is -0.497 e. The molecule has 1 aromatic carbocycles. The van der Waals surface area contributed by atoms with Crippen LogP contribution in [0.25, 0.3) is 16.5 Å². The Morgan fingerprint density at radius 1 is 1.25 bits per heavy atom. The highest BCUT2D eigenvalue weighted by Crippen LogP contribution is 2.33. The molecule has 2 aromatic heterocycles. The Morgan fingerprint density at radius 3 is 2.82 bits per heavy atom. The first-order chi connectivity index (χ1) is 13.5. The lowest BCUT2D eigenvalue weighted by atomic mass is 9.98. The third kappa shape index (κ3) is 3.69. The highest BCUT2D eigenvalue weighted by Gasteiger charge is 2.24. The Kier molecular flexibility index (Phi) is 5.22. The van der Waals surface area contributed by atoms with Crippen LogP contribution in [0, 0.1) is 5.92 Å². The van der Waals surface area contributed by atoms with Crippen molar-refractivity contribution in [1.82, 2.24) is 20.1 Å². The van der Waals surface area contributed by atoms with Gasteiger partial charge in [0.2, 0.25) is 11.8 Å².